The van der Waals surface area contributed by atoms with Gasteiger partial charge in [-0.25, -0.2) is 0 Å². The van der Waals surface area contributed by atoms with E-state index in [0.29, 0.717) is 22.4 Å². The number of fused-ring (bicyclic) bond motifs is 1. The number of Topliss-reactive ketones (excluding diaryl/α,β-unsaturated/α-hetero) is 2. The van der Waals surface area contributed by atoms with Crippen LogP contribution < -0.4 is 10.6 Å². The van der Waals surface area contributed by atoms with Crippen LogP contribution in [-0.2, 0) is 0 Å². The minimum atomic E-state index is -0.653. The summed E-state index contributed by atoms with van der Waals surface area (Å²) in [6, 6.07) is 38.5. The van der Waals surface area contributed by atoms with Gasteiger partial charge in [0.2, 0.25) is 0 Å². The minimum absolute atomic E-state index is 0.0442. The SMILES string of the molecule is O=C(C[C@H]1c2ccccc2N[C@@H](c2ccccc2NC(=O)c2ccccc2)[C@@H]1C(=O)c1ccc(Br)cc1)c1ccc(Br)cc1. The van der Waals surface area contributed by atoms with Crippen LogP contribution in [0.3, 0.4) is 0 Å². The van der Waals surface area contributed by atoms with Crippen molar-refractivity contribution in [3.05, 3.63) is 164 Å². The molecule has 1 heterocycles. The Kier molecular flexibility index (Phi) is 8.87. The maximum atomic E-state index is 14.6. The van der Waals surface area contributed by atoms with Gasteiger partial charge in [-0.1, -0.05) is 111 Å². The normalized spacial score (nSPS) is 17.2. The average Bonchev–Trinajstić information content (AvgIpc) is 3.05. The van der Waals surface area contributed by atoms with E-state index in [0.717, 1.165) is 25.8 Å². The molecule has 5 aromatic carbocycles. The number of carbonyl (C=O) groups is 3. The Morgan fingerprint density at radius 1 is 0.614 bits per heavy atom. The van der Waals surface area contributed by atoms with E-state index in [4.69, 9.17) is 0 Å². The lowest BCUT2D eigenvalue weighted by molar-refractivity contribution is 0.0854. The number of hydrogen-bond acceptors (Lipinski definition) is 4. The predicted octanol–water partition coefficient (Wildman–Crippen LogP) is 9.49. The van der Waals surface area contributed by atoms with Gasteiger partial charge in [0.05, 0.1) is 12.0 Å². The van der Waals surface area contributed by atoms with Gasteiger partial charge in [-0.3, -0.25) is 14.4 Å². The van der Waals surface area contributed by atoms with Crippen LogP contribution in [0.2, 0.25) is 0 Å². The average molecular weight is 708 g/mol. The molecular weight excluding hydrogens is 680 g/mol. The van der Waals surface area contributed by atoms with Crippen molar-refractivity contribution < 1.29 is 14.4 Å². The molecule has 0 saturated heterocycles. The van der Waals surface area contributed by atoms with Crippen LogP contribution >= 0.6 is 31.9 Å². The minimum Gasteiger partial charge on any atom is -0.377 e. The van der Waals surface area contributed by atoms with Gasteiger partial charge in [0, 0.05) is 49.3 Å². The van der Waals surface area contributed by atoms with Crippen LogP contribution in [0.25, 0.3) is 0 Å². The van der Waals surface area contributed by atoms with Crippen LogP contribution in [0.5, 0.6) is 0 Å². The van der Waals surface area contributed by atoms with Crippen LogP contribution in [0, 0.1) is 5.92 Å². The van der Waals surface area contributed by atoms with Crippen molar-refractivity contribution in [3.63, 3.8) is 0 Å². The quantitative estimate of drug-likeness (QED) is 0.158. The Balaban J connectivity index is 1.46. The molecule has 0 radical (unpaired) electrons. The highest BCUT2D eigenvalue weighted by Crippen LogP contribution is 2.49. The molecule has 218 valence electrons. The highest BCUT2D eigenvalue weighted by Gasteiger charge is 2.43. The van der Waals surface area contributed by atoms with Crippen molar-refractivity contribution in [1.82, 2.24) is 0 Å². The molecule has 1 aliphatic rings. The molecule has 44 heavy (non-hydrogen) atoms. The van der Waals surface area contributed by atoms with E-state index >= 15 is 0 Å². The standard InChI is InChI=1S/C37H28Br2N2O3/c38-26-18-14-23(15-19-26)33(42)22-30-28-10-4-6-12-31(28)40-35(34(30)36(43)24-16-20-27(39)21-17-24)29-11-5-7-13-32(29)41-37(44)25-8-2-1-3-9-25/h1-21,30,34-35,40H,22H2,(H,41,44)/t30-,34+,35-/m0/s1. The van der Waals surface area contributed by atoms with Gasteiger partial charge >= 0.3 is 0 Å². The summed E-state index contributed by atoms with van der Waals surface area (Å²) in [4.78, 5) is 41.6. The van der Waals surface area contributed by atoms with Crippen molar-refractivity contribution in [1.29, 1.82) is 0 Å². The van der Waals surface area contributed by atoms with E-state index in [9.17, 15) is 14.4 Å². The second-order valence-corrected chi connectivity index (χ2v) is 12.6. The zero-order valence-electron chi connectivity index (χ0n) is 23.5. The number of nitrogens with one attached hydrogen (secondary N) is 2. The largest absolute Gasteiger partial charge is 0.377 e. The molecule has 0 spiro atoms. The van der Waals surface area contributed by atoms with Gasteiger partial charge < -0.3 is 10.6 Å². The Hall–Kier alpha value is -4.33. The van der Waals surface area contributed by atoms with Crippen LogP contribution in [0.15, 0.2) is 136 Å². The van der Waals surface area contributed by atoms with E-state index in [1.807, 2.05) is 91.0 Å². The number of hydrogen-bond donors (Lipinski definition) is 2. The number of halogens is 2. The predicted molar refractivity (Wildman–Crippen MR) is 181 cm³/mol. The van der Waals surface area contributed by atoms with Crippen LogP contribution in [0.4, 0.5) is 11.4 Å². The Morgan fingerprint density at radius 2 is 1.18 bits per heavy atom. The third kappa shape index (κ3) is 6.30. The molecule has 0 bridgehead atoms. The highest BCUT2D eigenvalue weighted by atomic mass is 79.9. The molecule has 3 atom stereocenters. The molecule has 1 aliphatic heterocycles. The molecule has 0 fully saturated rings. The number of para-hydroxylation sites is 2. The molecule has 7 heteroatoms. The number of rotatable bonds is 8. The first-order chi connectivity index (χ1) is 21.4. The second kappa shape index (κ2) is 13.1. The molecule has 5 nitrogen and oxygen atoms in total. The first-order valence-corrected chi connectivity index (χ1v) is 15.9. The van der Waals surface area contributed by atoms with Crippen molar-refractivity contribution in [2.75, 3.05) is 10.6 Å². The smallest absolute Gasteiger partial charge is 0.255 e. The zero-order chi connectivity index (χ0) is 30.6. The van der Waals surface area contributed by atoms with Gasteiger partial charge in [-0.15, -0.1) is 0 Å². The van der Waals surface area contributed by atoms with Crippen molar-refractivity contribution in [2.45, 2.75) is 18.4 Å². The fraction of sp³-hybridized carbons (Fsp3) is 0.108. The van der Waals surface area contributed by atoms with E-state index in [1.54, 1.807) is 36.4 Å². The molecular formula is C37H28Br2N2O3. The molecule has 5 aromatic rings. The Bertz CT molecular complexity index is 1820. The number of anilines is 2. The Labute approximate surface area is 273 Å². The lowest BCUT2D eigenvalue weighted by Gasteiger charge is -2.41. The topological polar surface area (TPSA) is 75.3 Å². The summed E-state index contributed by atoms with van der Waals surface area (Å²) in [6.45, 7) is 0. The summed E-state index contributed by atoms with van der Waals surface area (Å²) in [7, 11) is 0. The molecule has 1 amide bonds. The summed E-state index contributed by atoms with van der Waals surface area (Å²) >= 11 is 6.92. The van der Waals surface area contributed by atoms with E-state index in [2.05, 4.69) is 42.5 Å². The van der Waals surface area contributed by atoms with E-state index < -0.39 is 17.9 Å². The Morgan fingerprint density at radius 3 is 1.86 bits per heavy atom. The van der Waals surface area contributed by atoms with Crippen molar-refractivity contribution in [2.24, 2.45) is 5.92 Å². The zero-order valence-corrected chi connectivity index (χ0v) is 26.7. The fourth-order valence-electron chi connectivity index (χ4n) is 5.90. The summed E-state index contributed by atoms with van der Waals surface area (Å²) in [5, 5.41) is 6.70. The molecule has 6 rings (SSSR count). The summed E-state index contributed by atoms with van der Waals surface area (Å²) in [5.41, 5.74) is 4.81. The third-order valence-corrected chi connectivity index (χ3v) is 9.10. The molecule has 2 N–H and O–H groups in total. The van der Waals surface area contributed by atoms with Gasteiger partial charge in [-0.05, 0) is 59.7 Å². The highest BCUT2D eigenvalue weighted by molar-refractivity contribution is 9.10. The van der Waals surface area contributed by atoms with Gasteiger partial charge in [-0.2, -0.15) is 0 Å². The van der Waals surface area contributed by atoms with Gasteiger partial charge in [0.25, 0.3) is 5.91 Å². The fourth-order valence-corrected chi connectivity index (χ4v) is 6.43. The molecule has 0 aromatic heterocycles. The summed E-state index contributed by atoms with van der Waals surface area (Å²) < 4.78 is 1.76. The molecule has 0 unspecified atom stereocenters. The lowest BCUT2D eigenvalue weighted by atomic mass is 9.69. The second-order valence-electron chi connectivity index (χ2n) is 10.8. The van der Waals surface area contributed by atoms with Crippen LogP contribution in [-0.4, -0.2) is 17.5 Å². The van der Waals surface area contributed by atoms with Crippen molar-refractivity contribution in [3.8, 4) is 0 Å². The van der Waals surface area contributed by atoms with E-state index in [-0.39, 0.29) is 23.9 Å². The van der Waals surface area contributed by atoms with Crippen LogP contribution in [0.1, 0.15) is 60.6 Å². The number of carbonyl (C=O) groups excluding carboxylic acids is 3. The molecule has 0 saturated carbocycles. The maximum Gasteiger partial charge on any atom is 0.255 e. The maximum absolute atomic E-state index is 14.6. The first-order valence-electron chi connectivity index (χ1n) is 14.3. The number of benzene rings is 5. The van der Waals surface area contributed by atoms with Gasteiger partial charge in [0.15, 0.2) is 11.6 Å². The van der Waals surface area contributed by atoms with E-state index in [1.165, 1.54) is 0 Å². The first kappa shape index (κ1) is 29.7. The van der Waals surface area contributed by atoms with Crippen molar-refractivity contribution >= 4 is 60.7 Å². The summed E-state index contributed by atoms with van der Waals surface area (Å²) in [5.74, 6) is -1.45. The molecule has 0 aliphatic carbocycles. The lowest BCUT2D eigenvalue weighted by Crippen LogP contribution is -2.38. The number of ketones is 2. The van der Waals surface area contributed by atoms with Gasteiger partial charge in [0.1, 0.15) is 0 Å². The third-order valence-electron chi connectivity index (χ3n) is 8.05. The summed E-state index contributed by atoms with van der Waals surface area (Å²) in [6.07, 6.45) is 0.141. The number of amides is 1. The monoisotopic (exact) mass is 706 g/mol.